The van der Waals surface area contributed by atoms with Gasteiger partial charge in [0.05, 0.1) is 0 Å². The molecule has 0 saturated heterocycles. The van der Waals surface area contributed by atoms with Gasteiger partial charge in [0.15, 0.2) is 0 Å². The minimum Gasteiger partial charge on any atom is -0.337 e. The number of carbonyl (C=O) groups is 1. The number of hydrogen-bond acceptors (Lipinski definition) is 2. The van der Waals surface area contributed by atoms with E-state index in [4.69, 9.17) is 0 Å². The Bertz CT molecular complexity index is 598. The first-order valence-electron chi connectivity index (χ1n) is 6.24. The van der Waals surface area contributed by atoms with Crippen LogP contribution in [0, 0.1) is 3.57 Å². The summed E-state index contributed by atoms with van der Waals surface area (Å²) in [6.45, 7) is 0.624. The molecule has 0 aliphatic heterocycles. The molecule has 0 atom stereocenters. The first-order valence-corrected chi connectivity index (χ1v) is 8.54. The van der Waals surface area contributed by atoms with Gasteiger partial charge in [0, 0.05) is 27.6 Å². The fourth-order valence-electron chi connectivity index (χ4n) is 1.92. The molecule has 20 heavy (non-hydrogen) atoms. The molecule has 0 aromatic heterocycles. The Kier molecular flexibility index (Phi) is 5.48. The van der Waals surface area contributed by atoms with E-state index in [1.807, 2.05) is 31.3 Å². The van der Waals surface area contributed by atoms with Gasteiger partial charge in [-0.3, -0.25) is 4.79 Å². The number of benzene rings is 2. The van der Waals surface area contributed by atoms with Gasteiger partial charge in [0.2, 0.25) is 0 Å². The molecule has 0 spiro atoms. The van der Waals surface area contributed by atoms with Crippen molar-refractivity contribution in [3.8, 4) is 0 Å². The maximum Gasteiger partial charge on any atom is 0.253 e. The first-order chi connectivity index (χ1) is 9.60. The summed E-state index contributed by atoms with van der Waals surface area (Å²) in [5.41, 5.74) is 1.88. The van der Waals surface area contributed by atoms with Crippen molar-refractivity contribution >= 4 is 40.3 Å². The number of amides is 1. The van der Waals surface area contributed by atoms with Gasteiger partial charge in [-0.05, 0) is 64.7 Å². The quantitative estimate of drug-likeness (QED) is 0.567. The van der Waals surface area contributed by atoms with E-state index in [1.54, 1.807) is 16.7 Å². The van der Waals surface area contributed by atoms with Crippen molar-refractivity contribution < 1.29 is 4.79 Å². The van der Waals surface area contributed by atoms with Gasteiger partial charge in [-0.1, -0.05) is 18.2 Å². The van der Waals surface area contributed by atoms with E-state index in [9.17, 15) is 4.79 Å². The van der Waals surface area contributed by atoms with Crippen LogP contribution in [0.2, 0.25) is 0 Å². The van der Waals surface area contributed by atoms with E-state index in [-0.39, 0.29) is 5.91 Å². The van der Waals surface area contributed by atoms with Crippen LogP contribution >= 0.6 is 34.4 Å². The van der Waals surface area contributed by atoms with Crippen molar-refractivity contribution in [3.05, 3.63) is 63.2 Å². The highest BCUT2D eigenvalue weighted by Gasteiger charge is 2.12. The van der Waals surface area contributed by atoms with Crippen LogP contribution in [0.15, 0.2) is 53.4 Å². The number of rotatable bonds is 4. The van der Waals surface area contributed by atoms with Crippen molar-refractivity contribution in [2.45, 2.75) is 11.4 Å². The molecule has 2 aromatic carbocycles. The van der Waals surface area contributed by atoms with Crippen LogP contribution in [0.4, 0.5) is 0 Å². The van der Waals surface area contributed by atoms with E-state index >= 15 is 0 Å². The molecule has 4 heteroatoms. The third-order valence-electron chi connectivity index (χ3n) is 3.00. The van der Waals surface area contributed by atoms with Gasteiger partial charge in [-0.15, -0.1) is 11.8 Å². The lowest BCUT2D eigenvalue weighted by Crippen LogP contribution is -2.26. The predicted octanol–water partition coefficient (Wildman–Crippen LogP) is 4.29. The molecule has 104 valence electrons. The molecule has 2 nitrogen and oxygen atoms in total. The van der Waals surface area contributed by atoms with Gasteiger partial charge in [-0.2, -0.15) is 0 Å². The van der Waals surface area contributed by atoms with E-state index < -0.39 is 0 Å². The molecule has 0 radical (unpaired) electrons. The number of halogens is 1. The second kappa shape index (κ2) is 7.13. The molecule has 0 aliphatic rings. The molecule has 0 aliphatic carbocycles. The van der Waals surface area contributed by atoms with Crippen LogP contribution in [0.3, 0.4) is 0 Å². The highest BCUT2D eigenvalue weighted by atomic mass is 127. The fourth-order valence-corrected chi connectivity index (χ4v) is 2.87. The Balaban J connectivity index is 2.07. The predicted molar refractivity (Wildman–Crippen MR) is 93.2 cm³/mol. The van der Waals surface area contributed by atoms with Crippen LogP contribution < -0.4 is 0 Å². The normalized spacial score (nSPS) is 10.3. The maximum atomic E-state index is 12.3. The molecule has 0 N–H and O–H groups in total. The second-order valence-electron chi connectivity index (χ2n) is 4.52. The van der Waals surface area contributed by atoms with E-state index in [1.165, 1.54) is 4.90 Å². The van der Waals surface area contributed by atoms with Gasteiger partial charge < -0.3 is 4.90 Å². The number of hydrogen-bond donors (Lipinski definition) is 0. The molecule has 0 fully saturated rings. The molecule has 0 unspecified atom stereocenters. The average Bonchev–Trinajstić information content (AvgIpc) is 2.47. The molecule has 2 aromatic rings. The van der Waals surface area contributed by atoms with Crippen molar-refractivity contribution in [2.75, 3.05) is 13.3 Å². The zero-order chi connectivity index (χ0) is 14.5. The lowest BCUT2D eigenvalue weighted by Gasteiger charge is -2.17. The minimum absolute atomic E-state index is 0.0532. The van der Waals surface area contributed by atoms with Crippen LogP contribution in [0.25, 0.3) is 0 Å². The molecular formula is C16H16INOS. The summed E-state index contributed by atoms with van der Waals surface area (Å²) in [4.78, 5) is 15.3. The summed E-state index contributed by atoms with van der Waals surface area (Å²) < 4.78 is 1.08. The molecule has 1 amide bonds. The zero-order valence-corrected chi connectivity index (χ0v) is 14.4. The molecule has 0 saturated carbocycles. The summed E-state index contributed by atoms with van der Waals surface area (Å²) in [6, 6.07) is 16.0. The Morgan fingerprint density at radius 1 is 1.20 bits per heavy atom. The van der Waals surface area contributed by atoms with Crippen molar-refractivity contribution in [1.29, 1.82) is 0 Å². The maximum absolute atomic E-state index is 12.3. The Labute approximate surface area is 137 Å². The highest BCUT2D eigenvalue weighted by Crippen LogP contribution is 2.16. The molecule has 2 rings (SSSR count). The average molecular weight is 397 g/mol. The largest absolute Gasteiger partial charge is 0.337 e. The highest BCUT2D eigenvalue weighted by molar-refractivity contribution is 14.1. The fraction of sp³-hybridized carbons (Fsp3) is 0.188. The molecular weight excluding hydrogens is 381 g/mol. The van der Waals surface area contributed by atoms with Gasteiger partial charge in [-0.25, -0.2) is 0 Å². The smallest absolute Gasteiger partial charge is 0.253 e. The van der Waals surface area contributed by atoms with Gasteiger partial charge in [0.1, 0.15) is 0 Å². The topological polar surface area (TPSA) is 20.3 Å². The van der Waals surface area contributed by atoms with Crippen LogP contribution in [-0.4, -0.2) is 24.1 Å². The third-order valence-corrected chi connectivity index (χ3v) is 4.41. The van der Waals surface area contributed by atoms with E-state index in [0.717, 1.165) is 14.7 Å². The molecule has 0 heterocycles. The van der Waals surface area contributed by atoms with Crippen molar-refractivity contribution in [3.63, 3.8) is 0 Å². The van der Waals surface area contributed by atoms with Crippen molar-refractivity contribution in [1.82, 2.24) is 4.90 Å². The lowest BCUT2D eigenvalue weighted by molar-refractivity contribution is 0.0785. The number of thioether (sulfide) groups is 1. The number of nitrogens with zero attached hydrogens (tertiary/aromatic N) is 1. The van der Waals surface area contributed by atoms with Gasteiger partial charge >= 0.3 is 0 Å². The molecule has 0 bridgehead atoms. The van der Waals surface area contributed by atoms with E-state index in [2.05, 4.69) is 53.1 Å². The van der Waals surface area contributed by atoms with Gasteiger partial charge in [0.25, 0.3) is 5.91 Å². The summed E-state index contributed by atoms with van der Waals surface area (Å²) in [5, 5.41) is 0. The standard InChI is InChI=1S/C16H16INOS/c1-18(11-12-6-8-15(20-2)9-7-12)16(19)13-4-3-5-14(17)10-13/h3-10H,11H2,1-2H3. The minimum atomic E-state index is 0.0532. The number of carbonyl (C=O) groups excluding carboxylic acids is 1. The summed E-state index contributed by atoms with van der Waals surface area (Å²) >= 11 is 3.94. The van der Waals surface area contributed by atoms with Crippen LogP contribution in [0.5, 0.6) is 0 Å². The SMILES string of the molecule is CSc1ccc(CN(C)C(=O)c2cccc(I)c2)cc1. The van der Waals surface area contributed by atoms with Crippen LogP contribution in [-0.2, 0) is 6.54 Å². The summed E-state index contributed by atoms with van der Waals surface area (Å²) in [7, 11) is 1.84. The Morgan fingerprint density at radius 3 is 2.50 bits per heavy atom. The monoisotopic (exact) mass is 397 g/mol. The van der Waals surface area contributed by atoms with Crippen LogP contribution in [0.1, 0.15) is 15.9 Å². The Morgan fingerprint density at radius 2 is 1.90 bits per heavy atom. The zero-order valence-electron chi connectivity index (χ0n) is 11.5. The summed E-state index contributed by atoms with van der Waals surface area (Å²) in [5.74, 6) is 0.0532. The lowest BCUT2D eigenvalue weighted by atomic mass is 10.1. The summed E-state index contributed by atoms with van der Waals surface area (Å²) in [6.07, 6.45) is 2.06. The second-order valence-corrected chi connectivity index (χ2v) is 6.64. The first kappa shape index (κ1) is 15.4. The van der Waals surface area contributed by atoms with E-state index in [0.29, 0.717) is 6.54 Å². The Hall–Kier alpha value is -1.01. The third kappa shape index (κ3) is 3.99. The van der Waals surface area contributed by atoms with Crippen molar-refractivity contribution in [2.24, 2.45) is 0 Å².